The smallest absolute Gasteiger partial charge is 0.426 e. The van der Waals surface area contributed by atoms with Gasteiger partial charge in [-0.15, -0.1) is 0 Å². The normalized spacial score (nSPS) is 19.4. The molecule has 1 aliphatic rings. The van der Waals surface area contributed by atoms with Gasteiger partial charge in [-0.25, -0.2) is 0 Å². The van der Waals surface area contributed by atoms with Crippen molar-refractivity contribution < 1.29 is 24.4 Å². The van der Waals surface area contributed by atoms with Gasteiger partial charge in [-0.1, -0.05) is 81.7 Å². The number of carbonyl (C=O) groups excluding carboxylic acids is 3. The van der Waals surface area contributed by atoms with Crippen molar-refractivity contribution in [3.05, 3.63) is 59.4 Å². The van der Waals surface area contributed by atoms with E-state index in [1.165, 1.54) is 0 Å². The molecule has 1 aromatic heterocycles. The number of H-pyrrole nitrogens is 1. The van der Waals surface area contributed by atoms with Crippen LogP contribution in [0.15, 0.2) is 42.5 Å². The number of Topliss-reactive ketones (excluding diaryl/α,β-unsaturated/α-hetero) is 1. The van der Waals surface area contributed by atoms with Crippen LogP contribution >= 0.6 is 0 Å². The Morgan fingerprint density at radius 3 is 2.17 bits per heavy atom. The Hall–Kier alpha value is -2.91. The van der Waals surface area contributed by atoms with Crippen LogP contribution in [0.25, 0.3) is 0 Å². The van der Waals surface area contributed by atoms with Crippen molar-refractivity contribution in [2.24, 2.45) is 0 Å². The molecule has 0 spiro atoms. The molecular weight excluding hydrogens is 457 g/mol. The molecule has 0 saturated heterocycles. The summed E-state index contributed by atoms with van der Waals surface area (Å²) >= 11 is 0. The second-order valence-electron chi connectivity index (χ2n) is 9.67. The summed E-state index contributed by atoms with van der Waals surface area (Å²) in [4.78, 5) is 41.5. The van der Waals surface area contributed by atoms with Crippen molar-refractivity contribution >= 4 is 24.7 Å². The Labute approximate surface area is 213 Å². The molecule has 0 unspecified atom stereocenters. The summed E-state index contributed by atoms with van der Waals surface area (Å²) in [6, 6.07) is 11.6. The van der Waals surface area contributed by atoms with E-state index in [0.717, 1.165) is 63.4 Å². The van der Waals surface area contributed by atoms with Gasteiger partial charge in [0.25, 0.3) is 5.91 Å². The lowest BCUT2D eigenvalue weighted by Gasteiger charge is -2.23. The molecular formula is C27H38BN3O5. The molecule has 2 amide bonds. The molecule has 1 aromatic carbocycles. The SMILES string of the molecule is O=C1CCCCCCCCCCC[C@@H](C(=O)N[C@@H](Cc2ccccc2)B(O)O)NC(=O)c2ccc1[nH]2. The van der Waals surface area contributed by atoms with Crippen LogP contribution in [-0.4, -0.2) is 51.7 Å². The maximum atomic E-state index is 13.2. The van der Waals surface area contributed by atoms with Crippen LogP contribution in [0.1, 0.15) is 97.2 Å². The molecule has 0 radical (unpaired) electrons. The number of benzene rings is 1. The molecule has 2 atom stereocenters. The number of aromatic amines is 1. The fraction of sp³-hybridized carbons (Fsp3) is 0.519. The fourth-order valence-electron chi connectivity index (χ4n) is 4.58. The third-order valence-corrected chi connectivity index (χ3v) is 6.74. The topological polar surface area (TPSA) is 132 Å². The molecule has 9 heteroatoms. The first-order chi connectivity index (χ1) is 17.4. The highest BCUT2D eigenvalue weighted by Gasteiger charge is 2.30. The molecule has 0 saturated carbocycles. The van der Waals surface area contributed by atoms with E-state index in [1.807, 2.05) is 30.3 Å². The maximum absolute atomic E-state index is 13.2. The Morgan fingerprint density at radius 1 is 0.889 bits per heavy atom. The van der Waals surface area contributed by atoms with Crippen LogP contribution in [0.5, 0.6) is 0 Å². The van der Waals surface area contributed by atoms with Crippen molar-refractivity contribution in [1.29, 1.82) is 0 Å². The lowest BCUT2D eigenvalue weighted by molar-refractivity contribution is -0.123. The molecule has 0 aliphatic carbocycles. The van der Waals surface area contributed by atoms with Crippen LogP contribution in [0.2, 0.25) is 0 Å². The number of hydrogen-bond acceptors (Lipinski definition) is 5. The van der Waals surface area contributed by atoms with Gasteiger partial charge in [0, 0.05) is 6.42 Å². The summed E-state index contributed by atoms with van der Waals surface area (Å²) in [6.07, 6.45) is 10.3. The number of ketones is 1. The van der Waals surface area contributed by atoms with Gasteiger partial charge < -0.3 is 25.7 Å². The zero-order valence-corrected chi connectivity index (χ0v) is 20.9. The summed E-state index contributed by atoms with van der Waals surface area (Å²) in [5, 5.41) is 25.3. The minimum Gasteiger partial charge on any atom is -0.426 e. The van der Waals surface area contributed by atoms with Gasteiger partial charge in [0.05, 0.1) is 11.6 Å². The summed E-state index contributed by atoms with van der Waals surface area (Å²) in [6.45, 7) is 0. The van der Waals surface area contributed by atoms with Gasteiger partial charge in [-0.05, 0) is 37.0 Å². The van der Waals surface area contributed by atoms with E-state index in [1.54, 1.807) is 12.1 Å². The first-order valence-corrected chi connectivity index (χ1v) is 13.2. The minimum atomic E-state index is -1.75. The predicted octanol–water partition coefficient (Wildman–Crippen LogP) is 3.34. The first kappa shape index (κ1) is 27.7. The lowest BCUT2D eigenvalue weighted by Crippen LogP contribution is -2.54. The molecule has 5 N–H and O–H groups in total. The summed E-state index contributed by atoms with van der Waals surface area (Å²) in [7, 11) is -1.75. The predicted molar refractivity (Wildman–Crippen MR) is 139 cm³/mol. The van der Waals surface area contributed by atoms with Gasteiger partial charge in [0.15, 0.2) is 5.78 Å². The van der Waals surface area contributed by atoms with Crippen molar-refractivity contribution in [3.63, 3.8) is 0 Å². The zero-order chi connectivity index (χ0) is 25.8. The van der Waals surface area contributed by atoms with Crippen molar-refractivity contribution in [2.45, 2.75) is 89.0 Å². The van der Waals surface area contributed by atoms with Gasteiger partial charge in [-0.2, -0.15) is 0 Å². The number of hydrogen-bond donors (Lipinski definition) is 5. The van der Waals surface area contributed by atoms with Crippen LogP contribution < -0.4 is 10.6 Å². The molecule has 8 nitrogen and oxygen atoms in total. The second kappa shape index (κ2) is 14.6. The Morgan fingerprint density at radius 2 is 1.50 bits per heavy atom. The number of nitrogens with one attached hydrogen (secondary N) is 3. The van der Waals surface area contributed by atoms with E-state index in [9.17, 15) is 24.4 Å². The maximum Gasteiger partial charge on any atom is 0.475 e. The van der Waals surface area contributed by atoms with Crippen LogP contribution in [0.3, 0.4) is 0 Å². The number of aromatic nitrogens is 1. The summed E-state index contributed by atoms with van der Waals surface area (Å²) in [5.41, 5.74) is 1.47. The van der Waals surface area contributed by atoms with Gasteiger partial charge in [0.2, 0.25) is 5.91 Å². The lowest BCUT2D eigenvalue weighted by atomic mass is 9.75. The van der Waals surface area contributed by atoms with E-state index in [0.29, 0.717) is 18.5 Å². The molecule has 2 bridgehead atoms. The van der Waals surface area contributed by atoms with Gasteiger partial charge in [0.1, 0.15) is 11.7 Å². The minimum absolute atomic E-state index is 0.0230. The quantitative estimate of drug-likeness (QED) is 0.406. The molecule has 36 heavy (non-hydrogen) atoms. The third kappa shape index (κ3) is 8.95. The summed E-state index contributed by atoms with van der Waals surface area (Å²) < 4.78 is 0. The van der Waals surface area contributed by atoms with Gasteiger partial charge >= 0.3 is 7.12 Å². The summed E-state index contributed by atoms with van der Waals surface area (Å²) in [5.74, 6) is -1.88. The second-order valence-corrected chi connectivity index (χ2v) is 9.67. The van der Waals surface area contributed by atoms with E-state index in [2.05, 4.69) is 15.6 Å². The van der Waals surface area contributed by atoms with E-state index in [-0.39, 0.29) is 17.9 Å². The highest BCUT2D eigenvalue weighted by atomic mass is 16.4. The van der Waals surface area contributed by atoms with Crippen molar-refractivity contribution in [2.75, 3.05) is 0 Å². The van der Waals surface area contributed by atoms with Crippen LogP contribution in [-0.2, 0) is 11.2 Å². The van der Waals surface area contributed by atoms with E-state index >= 15 is 0 Å². The van der Waals surface area contributed by atoms with Crippen LogP contribution in [0, 0.1) is 0 Å². The Balaban J connectivity index is 1.70. The highest BCUT2D eigenvalue weighted by molar-refractivity contribution is 6.43. The molecule has 1 aliphatic heterocycles. The van der Waals surface area contributed by atoms with E-state index in [4.69, 9.17) is 0 Å². The number of fused-ring (bicyclic) bond motifs is 2. The number of amides is 2. The Kier molecular flexibility index (Phi) is 11.2. The van der Waals surface area contributed by atoms with Crippen molar-refractivity contribution in [3.8, 4) is 0 Å². The van der Waals surface area contributed by atoms with Crippen molar-refractivity contribution in [1.82, 2.24) is 15.6 Å². The number of rotatable bonds is 5. The molecule has 3 rings (SSSR count). The first-order valence-electron chi connectivity index (χ1n) is 13.2. The monoisotopic (exact) mass is 495 g/mol. The largest absolute Gasteiger partial charge is 0.475 e. The molecule has 2 heterocycles. The number of carbonyl (C=O) groups is 3. The van der Waals surface area contributed by atoms with Crippen LogP contribution in [0.4, 0.5) is 0 Å². The fourth-order valence-corrected chi connectivity index (χ4v) is 4.58. The third-order valence-electron chi connectivity index (χ3n) is 6.74. The average Bonchev–Trinajstić information content (AvgIpc) is 3.36. The standard InChI is InChI=1S/C27H38BN3O5/c32-24-16-12-7-5-3-1-2-4-6-11-15-22(30-26(33)23-18-17-21(24)29-23)27(34)31-25(28(35)36)19-20-13-9-8-10-14-20/h8-10,13-14,17-18,22,25,29,35-36H,1-7,11-12,15-16,19H2,(H,30,33)(H,31,34)/t22-,25-/m0/s1. The average molecular weight is 495 g/mol. The zero-order valence-electron chi connectivity index (χ0n) is 20.9. The highest BCUT2D eigenvalue weighted by Crippen LogP contribution is 2.15. The molecule has 2 aromatic rings. The van der Waals surface area contributed by atoms with E-state index < -0.39 is 30.9 Å². The molecule has 194 valence electrons. The molecule has 0 fully saturated rings. The Bertz CT molecular complexity index is 979. The van der Waals surface area contributed by atoms with Gasteiger partial charge in [-0.3, -0.25) is 14.4 Å².